The fraction of sp³-hybridized carbons (Fsp3) is 0.250. The quantitative estimate of drug-likeness (QED) is 0.913. The standard InChI is InChI=1S/C16H18FNO/c1-11-7-13(9-14(17)8-11)15(18)10-12-5-3-4-6-16(12)19-2/h3-9,15H,10,18H2,1-2H3. The zero-order valence-corrected chi connectivity index (χ0v) is 11.2. The van der Waals surface area contributed by atoms with Gasteiger partial charge in [-0.25, -0.2) is 4.39 Å². The van der Waals surface area contributed by atoms with Crippen LogP contribution in [0.5, 0.6) is 5.75 Å². The molecule has 0 aromatic heterocycles. The van der Waals surface area contributed by atoms with Crippen molar-refractivity contribution in [2.45, 2.75) is 19.4 Å². The summed E-state index contributed by atoms with van der Waals surface area (Å²) in [7, 11) is 1.64. The minimum absolute atomic E-state index is 0.245. The SMILES string of the molecule is COc1ccccc1CC(N)c1cc(C)cc(F)c1. The molecule has 0 aliphatic rings. The number of methoxy groups -OCH3 is 1. The van der Waals surface area contributed by atoms with E-state index in [1.807, 2.05) is 37.3 Å². The van der Waals surface area contributed by atoms with Crippen LogP contribution in [0.1, 0.15) is 22.7 Å². The van der Waals surface area contributed by atoms with Crippen molar-refractivity contribution >= 4 is 0 Å². The Morgan fingerprint density at radius 3 is 2.63 bits per heavy atom. The lowest BCUT2D eigenvalue weighted by Gasteiger charge is -2.15. The second-order valence-corrected chi connectivity index (χ2v) is 4.68. The van der Waals surface area contributed by atoms with Gasteiger partial charge in [-0.3, -0.25) is 0 Å². The van der Waals surface area contributed by atoms with E-state index in [2.05, 4.69) is 0 Å². The predicted octanol–water partition coefficient (Wildman–Crippen LogP) is 3.39. The van der Waals surface area contributed by atoms with Crippen molar-refractivity contribution in [3.63, 3.8) is 0 Å². The maximum absolute atomic E-state index is 13.4. The minimum Gasteiger partial charge on any atom is -0.496 e. The molecule has 1 unspecified atom stereocenters. The molecule has 19 heavy (non-hydrogen) atoms. The van der Waals surface area contributed by atoms with Gasteiger partial charge in [0.1, 0.15) is 11.6 Å². The number of nitrogens with two attached hydrogens (primary N) is 1. The molecule has 3 heteroatoms. The van der Waals surface area contributed by atoms with Crippen molar-refractivity contribution < 1.29 is 9.13 Å². The summed E-state index contributed by atoms with van der Waals surface area (Å²) in [5.74, 6) is 0.566. The van der Waals surface area contributed by atoms with Gasteiger partial charge in [0, 0.05) is 6.04 Å². The van der Waals surface area contributed by atoms with Crippen LogP contribution >= 0.6 is 0 Å². The molecule has 0 bridgehead atoms. The zero-order valence-electron chi connectivity index (χ0n) is 11.2. The molecule has 100 valence electrons. The Labute approximate surface area is 113 Å². The Morgan fingerprint density at radius 1 is 1.21 bits per heavy atom. The molecule has 0 radical (unpaired) electrons. The van der Waals surface area contributed by atoms with Gasteiger partial charge in [-0.2, -0.15) is 0 Å². The van der Waals surface area contributed by atoms with E-state index in [0.29, 0.717) is 6.42 Å². The van der Waals surface area contributed by atoms with Crippen molar-refractivity contribution in [3.8, 4) is 5.75 Å². The third-order valence-electron chi connectivity index (χ3n) is 3.12. The van der Waals surface area contributed by atoms with Crippen LogP contribution < -0.4 is 10.5 Å². The lowest BCUT2D eigenvalue weighted by atomic mass is 9.97. The van der Waals surface area contributed by atoms with Gasteiger partial charge in [-0.05, 0) is 48.2 Å². The molecule has 0 fully saturated rings. The Kier molecular flexibility index (Phi) is 4.17. The molecular weight excluding hydrogens is 241 g/mol. The zero-order chi connectivity index (χ0) is 13.8. The van der Waals surface area contributed by atoms with Crippen molar-refractivity contribution in [2.75, 3.05) is 7.11 Å². The fourth-order valence-electron chi connectivity index (χ4n) is 2.21. The molecule has 0 spiro atoms. The van der Waals surface area contributed by atoms with Gasteiger partial charge in [-0.1, -0.05) is 24.3 Å². The number of para-hydroxylation sites is 1. The van der Waals surface area contributed by atoms with E-state index in [1.165, 1.54) is 12.1 Å². The van der Waals surface area contributed by atoms with E-state index in [1.54, 1.807) is 7.11 Å². The molecule has 2 N–H and O–H groups in total. The van der Waals surface area contributed by atoms with E-state index < -0.39 is 0 Å². The Bertz CT molecular complexity index is 548. The van der Waals surface area contributed by atoms with Crippen LogP contribution in [0.4, 0.5) is 4.39 Å². The van der Waals surface area contributed by atoms with Gasteiger partial charge in [0.15, 0.2) is 0 Å². The Balaban J connectivity index is 2.22. The molecule has 0 aliphatic heterocycles. The molecule has 2 rings (SSSR count). The smallest absolute Gasteiger partial charge is 0.123 e. The molecular formula is C16H18FNO. The maximum atomic E-state index is 13.4. The number of halogens is 1. The number of benzene rings is 2. The molecule has 0 saturated carbocycles. The summed E-state index contributed by atoms with van der Waals surface area (Å²) >= 11 is 0. The molecule has 0 amide bonds. The van der Waals surface area contributed by atoms with Crippen molar-refractivity contribution in [1.29, 1.82) is 0 Å². The molecule has 0 saturated heterocycles. The highest BCUT2D eigenvalue weighted by molar-refractivity contribution is 5.35. The summed E-state index contributed by atoms with van der Waals surface area (Å²) in [5, 5.41) is 0. The first-order chi connectivity index (χ1) is 9.10. The molecule has 2 aromatic rings. The molecule has 0 aliphatic carbocycles. The van der Waals surface area contributed by atoms with Crippen LogP contribution in [0, 0.1) is 12.7 Å². The lowest BCUT2D eigenvalue weighted by Crippen LogP contribution is -2.14. The van der Waals surface area contributed by atoms with Crippen molar-refractivity contribution in [3.05, 3.63) is 65.0 Å². The maximum Gasteiger partial charge on any atom is 0.123 e. The predicted molar refractivity (Wildman–Crippen MR) is 74.8 cm³/mol. The van der Waals surface area contributed by atoms with E-state index in [-0.39, 0.29) is 11.9 Å². The van der Waals surface area contributed by atoms with Crippen LogP contribution in [0.25, 0.3) is 0 Å². The molecule has 2 nitrogen and oxygen atoms in total. The number of hydrogen-bond acceptors (Lipinski definition) is 2. The highest BCUT2D eigenvalue weighted by atomic mass is 19.1. The summed E-state index contributed by atoms with van der Waals surface area (Å²) in [6.07, 6.45) is 0.618. The van der Waals surface area contributed by atoms with E-state index in [4.69, 9.17) is 10.5 Å². The van der Waals surface area contributed by atoms with Crippen LogP contribution in [0.2, 0.25) is 0 Å². The van der Waals surface area contributed by atoms with Gasteiger partial charge < -0.3 is 10.5 Å². The van der Waals surface area contributed by atoms with Crippen LogP contribution in [-0.2, 0) is 6.42 Å². The summed E-state index contributed by atoms with van der Waals surface area (Å²) < 4.78 is 18.7. The third-order valence-corrected chi connectivity index (χ3v) is 3.12. The number of aryl methyl sites for hydroxylation is 1. The second-order valence-electron chi connectivity index (χ2n) is 4.68. The first-order valence-electron chi connectivity index (χ1n) is 6.24. The fourth-order valence-corrected chi connectivity index (χ4v) is 2.21. The highest BCUT2D eigenvalue weighted by Gasteiger charge is 2.11. The molecule has 1 atom stereocenters. The minimum atomic E-state index is -0.245. The number of hydrogen-bond donors (Lipinski definition) is 1. The third kappa shape index (κ3) is 3.32. The van der Waals surface area contributed by atoms with Crippen LogP contribution in [-0.4, -0.2) is 7.11 Å². The van der Waals surface area contributed by atoms with Gasteiger partial charge >= 0.3 is 0 Å². The summed E-state index contributed by atoms with van der Waals surface area (Å²) in [5.41, 5.74) is 8.88. The molecule has 2 aromatic carbocycles. The van der Waals surface area contributed by atoms with Gasteiger partial charge in [0.05, 0.1) is 7.11 Å². The van der Waals surface area contributed by atoms with E-state index in [0.717, 1.165) is 22.4 Å². The Hall–Kier alpha value is -1.87. The van der Waals surface area contributed by atoms with E-state index >= 15 is 0 Å². The first kappa shape index (κ1) is 13.6. The van der Waals surface area contributed by atoms with Crippen molar-refractivity contribution in [2.24, 2.45) is 5.73 Å². The average Bonchev–Trinajstić information content (AvgIpc) is 2.38. The second kappa shape index (κ2) is 5.85. The number of ether oxygens (including phenoxy) is 1. The largest absolute Gasteiger partial charge is 0.496 e. The van der Waals surface area contributed by atoms with E-state index in [9.17, 15) is 4.39 Å². The summed E-state index contributed by atoms with van der Waals surface area (Å²) in [4.78, 5) is 0. The summed E-state index contributed by atoms with van der Waals surface area (Å²) in [6.45, 7) is 1.86. The summed E-state index contributed by atoms with van der Waals surface area (Å²) in [6, 6.07) is 12.4. The molecule has 0 heterocycles. The van der Waals surface area contributed by atoms with Crippen molar-refractivity contribution in [1.82, 2.24) is 0 Å². The van der Waals surface area contributed by atoms with Gasteiger partial charge in [0.2, 0.25) is 0 Å². The highest BCUT2D eigenvalue weighted by Crippen LogP contribution is 2.24. The van der Waals surface area contributed by atoms with Crippen LogP contribution in [0.3, 0.4) is 0 Å². The monoisotopic (exact) mass is 259 g/mol. The number of rotatable bonds is 4. The topological polar surface area (TPSA) is 35.2 Å². The van der Waals surface area contributed by atoms with Crippen LogP contribution in [0.15, 0.2) is 42.5 Å². The van der Waals surface area contributed by atoms with Gasteiger partial charge in [-0.15, -0.1) is 0 Å². The lowest BCUT2D eigenvalue weighted by molar-refractivity contribution is 0.408. The normalized spacial score (nSPS) is 12.2. The average molecular weight is 259 g/mol. The van der Waals surface area contributed by atoms with Gasteiger partial charge in [0.25, 0.3) is 0 Å². The Morgan fingerprint density at radius 2 is 1.95 bits per heavy atom. The first-order valence-corrected chi connectivity index (χ1v) is 6.24.